The van der Waals surface area contributed by atoms with Crippen molar-refractivity contribution in [1.82, 2.24) is 4.90 Å². The van der Waals surface area contributed by atoms with Gasteiger partial charge >= 0.3 is 0 Å². The van der Waals surface area contributed by atoms with Crippen LogP contribution in [0.25, 0.3) is 0 Å². The maximum atomic E-state index is 9.57. The van der Waals surface area contributed by atoms with Gasteiger partial charge in [0.1, 0.15) is 12.5 Å². The van der Waals surface area contributed by atoms with Crippen molar-refractivity contribution in [2.75, 3.05) is 19.8 Å². The van der Waals surface area contributed by atoms with Gasteiger partial charge in [-0.3, -0.25) is 0 Å². The molecule has 4 heteroatoms. The highest BCUT2D eigenvalue weighted by Crippen LogP contribution is 2.55. The highest BCUT2D eigenvalue weighted by Gasteiger charge is 2.60. The van der Waals surface area contributed by atoms with Crippen molar-refractivity contribution in [1.29, 1.82) is 0 Å². The molecule has 4 nitrogen and oxygen atoms in total. The molecule has 3 aliphatic rings. The molecule has 1 aromatic rings. The van der Waals surface area contributed by atoms with Crippen molar-refractivity contribution in [2.45, 2.75) is 18.0 Å². The summed E-state index contributed by atoms with van der Waals surface area (Å²) in [5.41, 5.74) is 2.04. The van der Waals surface area contributed by atoms with E-state index in [-0.39, 0.29) is 24.6 Å². The van der Waals surface area contributed by atoms with Gasteiger partial charge < -0.3 is 14.6 Å². The lowest BCUT2D eigenvalue weighted by atomic mass is 10.0. The average Bonchev–Trinajstić information content (AvgIpc) is 2.96. The molecule has 1 aromatic carbocycles. The minimum atomic E-state index is -0.325. The van der Waals surface area contributed by atoms with Gasteiger partial charge in [-0.15, -0.1) is 0 Å². The normalized spacial score (nSPS) is 40.1. The van der Waals surface area contributed by atoms with Gasteiger partial charge in [0.05, 0.1) is 25.4 Å². The molecule has 0 saturated carbocycles. The zero-order valence-electron chi connectivity index (χ0n) is 8.80. The Morgan fingerprint density at radius 2 is 1.75 bits per heavy atom. The van der Waals surface area contributed by atoms with E-state index in [2.05, 4.69) is 17.0 Å². The summed E-state index contributed by atoms with van der Waals surface area (Å²) in [6.07, 6.45) is -0.0632. The van der Waals surface area contributed by atoms with Gasteiger partial charge in [-0.05, 0) is 0 Å². The van der Waals surface area contributed by atoms with Crippen LogP contribution in [-0.4, -0.2) is 35.4 Å². The highest BCUT2D eigenvalue weighted by atomic mass is 16.6. The molecular formula is C12H13NO3. The lowest BCUT2D eigenvalue weighted by molar-refractivity contribution is -0.0394. The molecule has 2 fully saturated rings. The Morgan fingerprint density at radius 1 is 1.19 bits per heavy atom. The van der Waals surface area contributed by atoms with Crippen LogP contribution in [-0.2, 0) is 9.47 Å². The third kappa shape index (κ3) is 0.858. The predicted molar refractivity (Wildman–Crippen MR) is 55.5 cm³/mol. The van der Waals surface area contributed by atoms with E-state index in [1.165, 1.54) is 11.1 Å². The Hall–Kier alpha value is -0.940. The van der Waals surface area contributed by atoms with Gasteiger partial charge in [-0.25, -0.2) is 4.90 Å². The second kappa shape index (κ2) is 2.84. The number of hydrogen-bond donors (Lipinski definition) is 1. The third-order valence-corrected chi connectivity index (χ3v) is 3.90. The second-order valence-electron chi connectivity index (χ2n) is 4.75. The Kier molecular flexibility index (Phi) is 1.62. The van der Waals surface area contributed by atoms with Crippen LogP contribution in [0.15, 0.2) is 24.3 Å². The minimum Gasteiger partial charge on any atom is -0.394 e. The fourth-order valence-corrected chi connectivity index (χ4v) is 3.05. The number of fused-ring (bicyclic) bond motifs is 3. The summed E-state index contributed by atoms with van der Waals surface area (Å²) < 4.78 is 11.6. The van der Waals surface area contributed by atoms with Crippen LogP contribution in [0.1, 0.15) is 23.6 Å². The summed E-state index contributed by atoms with van der Waals surface area (Å²) in [7, 11) is 0. The first-order valence-corrected chi connectivity index (χ1v) is 5.57. The number of rotatable bonds is 1. The van der Waals surface area contributed by atoms with E-state index < -0.39 is 0 Å². The number of aliphatic hydroxyl groups excluding tert-OH is 1. The molecule has 3 aliphatic heterocycles. The van der Waals surface area contributed by atoms with Gasteiger partial charge in [-0.1, -0.05) is 24.3 Å². The number of ether oxygens (including phenoxy) is 2. The van der Waals surface area contributed by atoms with E-state index in [0.29, 0.717) is 13.2 Å². The Morgan fingerprint density at radius 3 is 2.25 bits per heavy atom. The topological polar surface area (TPSA) is 41.9 Å². The van der Waals surface area contributed by atoms with E-state index in [4.69, 9.17) is 9.47 Å². The van der Waals surface area contributed by atoms with Crippen LogP contribution in [0.5, 0.6) is 0 Å². The maximum absolute atomic E-state index is 9.57. The van der Waals surface area contributed by atoms with E-state index in [9.17, 15) is 5.11 Å². The van der Waals surface area contributed by atoms with E-state index in [1.54, 1.807) is 0 Å². The number of nitrogens with zero attached hydrogens (tertiary/aromatic N) is 1. The highest BCUT2D eigenvalue weighted by molar-refractivity contribution is 5.38. The fraction of sp³-hybridized carbons (Fsp3) is 0.500. The molecule has 0 amide bonds. The van der Waals surface area contributed by atoms with Gasteiger partial charge in [0.15, 0.2) is 0 Å². The SMILES string of the molecule is OCC12CO[C@@H]3c4ccccc4[C@@H](OC1)N32. The number of aliphatic hydroxyl groups is 1. The molecule has 2 atom stereocenters. The number of hydrogen-bond acceptors (Lipinski definition) is 4. The first-order valence-electron chi connectivity index (χ1n) is 5.57. The summed E-state index contributed by atoms with van der Waals surface area (Å²) in [4.78, 5) is 2.18. The Labute approximate surface area is 93.4 Å². The smallest absolute Gasteiger partial charge is 0.140 e. The molecule has 0 radical (unpaired) electrons. The molecule has 0 aromatic heterocycles. The second-order valence-corrected chi connectivity index (χ2v) is 4.75. The molecule has 0 unspecified atom stereocenters. The van der Waals surface area contributed by atoms with Gasteiger partial charge in [-0.2, -0.15) is 0 Å². The molecule has 1 N–H and O–H groups in total. The van der Waals surface area contributed by atoms with Gasteiger partial charge in [0, 0.05) is 11.1 Å². The van der Waals surface area contributed by atoms with Crippen molar-refractivity contribution < 1.29 is 14.6 Å². The Bertz CT molecular complexity index is 413. The number of benzene rings is 1. The van der Waals surface area contributed by atoms with Crippen molar-refractivity contribution in [3.63, 3.8) is 0 Å². The van der Waals surface area contributed by atoms with Crippen molar-refractivity contribution in [3.8, 4) is 0 Å². The fourth-order valence-electron chi connectivity index (χ4n) is 3.05. The molecule has 16 heavy (non-hydrogen) atoms. The minimum absolute atomic E-state index is 0.0316. The average molecular weight is 219 g/mol. The summed E-state index contributed by atoms with van der Waals surface area (Å²) in [6, 6.07) is 8.19. The quantitative estimate of drug-likeness (QED) is 0.758. The molecule has 2 saturated heterocycles. The van der Waals surface area contributed by atoms with Crippen molar-refractivity contribution >= 4 is 0 Å². The molecule has 84 valence electrons. The Balaban J connectivity index is 1.88. The summed E-state index contributed by atoms with van der Waals surface area (Å²) >= 11 is 0. The standard InChI is InChI=1S/C12H13NO3/c14-5-12-6-15-10-8-3-1-2-4-9(8)11(13(10)12)16-7-12/h1-4,10-11,14H,5-7H2/t10-,11-/m1/s1. The molecular weight excluding hydrogens is 206 g/mol. The van der Waals surface area contributed by atoms with Crippen molar-refractivity contribution in [2.24, 2.45) is 0 Å². The maximum Gasteiger partial charge on any atom is 0.140 e. The molecule has 3 heterocycles. The predicted octanol–water partition coefficient (Wildman–Crippen LogP) is 0.791. The van der Waals surface area contributed by atoms with E-state index >= 15 is 0 Å². The molecule has 0 spiro atoms. The summed E-state index contributed by atoms with van der Waals surface area (Å²) in [5.74, 6) is 0. The van der Waals surface area contributed by atoms with Gasteiger partial charge in [0.25, 0.3) is 0 Å². The van der Waals surface area contributed by atoms with E-state index in [1.807, 2.05) is 12.1 Å². The van der Waals surface area contributed by atoms with Crippen molar-refractivity contribution in [3.05, 3.63) is 35.4 Å². The van der Waals surface area contributed by atoms with Gasteiger partial charge in [0.2, 0.25) is 0 Å². The lowest BCUT2D eigenvalue weighted by Crippen LogP contribution is -2.46. The van der Waals surface area contributed by atoms with Crippen LogP contribution in [0, 0.1) is 0 Å². The van der Waals surface area contributed by atoms with Crippen LogP contribution in [0.2, 0.25) is 0 Å². The van der Waals surface area contributed by atoms with Crippen LogP contribution in [0.4, 0.5) is 0 Å². The first-order chi connectivity index (χ1) is 7.86. The molecule has 4 rings (SSSR count). The lowest BCUT2D eigenvalue weighted by Gasteiger charge is -2.27. The van der Waals surface area contributed by atoms with Crippen LogP contribution >= 0.6 is 0 Å². The zero-order valence-corrected chi connectivity index (χ0v) is 8.80. The van der Waals surface area contributed by atoms with E-state index in [0.717, 1.165) is 0 Å². The summed E-state index contributed by atoms with van der Waals surface area (Å²) in [5, 5.41) is 9.57. The zero-order chi connectivity index (χ0) is 10.8. The van der Waals surface area contributed by atoms with Crippen LogP contribution in [0.3, 0.4) is 0 Å². The molecule has 0 aliphatic carbocycles. The first kappa shape index (κ1) is 9.13. The third-order valence-electron chi connectivity index (χ3n) is 3.90. The largest absolute Gasteiger partial charge is 0.394 e. The monoisotopic (exact) mass is 219 g/mol. The summed E-state index contributed by atoms with van der Waals surface area (Å²) in [6.45, 7) is 1.20. The molecule has 0 bridgehead atoms. The van der Waals surface area contributed by atoms with Crippen LogP contribution < -0.4 is 0 Å².